The highest BCUT2D eigenvalue weighted by molar-refractivity contribution is 8.00. The first-order valence-electron chi connectivity index (χ1n) is 6.67. The minimum absolute atomic E-state index is 0.349. The number of amides is 1. The molecule has 0 N–H and O–H groups in total. The zero-order chi connectivity index (χ0) is 12.3. The summed E-state index contributed by atoms with van der Waals surface area (Å²) in [6.45, 7) is 6.91. The van der Waals surface area contributed by atoms with Gasteiger partial charge in [0.15, 0.2) is 0 Å². The van der Waals surface area contributed by atoms with E-state index >= 15 is 0 Å². The molecule has 1 atom stereocenters. The molecule has 98 valence electrons. The maximum Gasteiger partial charge on any atom is 0.223 e. The predicted molar refractivity (Wildman–Crippen MR) is 71.0 cm³/mol. The average molecular weight is 257 g/mol. The van der Waals surface area contributed by atoms with E-state index in [9.17, 15) is 4.79 Å². The molecule has 4 heteroatoms. The van der Waals surface area contributed by atoms with E-state index in [1.807, 2.05) is 11.8 Å². The Morgan fingerprint density at radius 3 is 2.76 bits per heavy atom. The molecule has 0 saturated carbocycles. The van der Waals surface area contributed by atoms with Crippen molar-refractivity contribution in [1.82, 2.24) is 4.90 Å². The van der Waals surface area contributed by atoms with Crippen molar-refractivity contribution in [3.8, 4) is 0 Å². The second kappa shape index (κ2) is 6.10. The Bertz CT molecular complexity index is 264. The Balaban J connectivity index is 1.93. The SMILES string of the molecule is CC(C)CC(=O)N1CCSC1C1CCOCC1. The van der Waals surface area contributed by atoms with Crippen molar-refractivity contribution in [2.75, 3.05) is 25.5 Å². The van der Waals surface area contributed by atoms with Crippen molar-refractivity contribution in [3.63, 3.8) is 0 Å². The van der Waals surface area contributed by atoms with E-state index < -0.39 is 0 Å². The van der Waals surface area contributed by atoms with E-state index in [0.717, 1.165) is 38.4 Å². The lowest BCUT2D eigenvalue weighted by Crippen LogP contribution is -2.41. The van der Waals surface area contributed by atoms with Crippen LogP contribution in [0.3, 0.4) is 0 Å². The summed E-state index contributed by atoms with van der Waals surface area (Å²) in [6, 6.07) is 0. The number of nitrogens with zero attached hydrogens (tertiary/aromatic N) is 1. The highest BCUT2D eigenvalue weighted by Crippen LogP contribution is 2.35. The molecular weight excluding hydrogens is 234 g/mol. The van der Waals surface area contributed by atoms with Gasteiger partial charge in [0.2, 0.25) is 5.91 Å². The van der Waals surface area contributed by atoms with Crippen LogP contribution < -0.4 is 0 Å². The summed E-state index contributed by atoms with van der Waals surface area (Å²) in [5, 5.41) is 0.421. The van der Waals surface area contributed by atoms with Gasteiger partial charge in [-0.15, -0.1) is 11.8 Å². The van der Waals surface area contributed by atoms with Crippen LogP contribution in [-0.2, 0) is 9.53 Å². The smallest absolute Gasteiger partial charge is 0.223 e. The molecule has 17 heavy (non-hydrogen) atoms. The summed E-state index contributed by atoms with van der Waals surface area (Å²) in [7, 11) is 0. The highest BCUT2D eigenvalue weighted by Gasteiger charge is 2.35. The maximum atomic E-state index is 12.2. The number of rotatable bonds is 3. The van der Waals surface area contributed by atoms with E-state index in [-0.39, 0.29) is 0 Å². The maximum absolute atomic E-state index is 12.2. The van der Waals surface area contributed by atoms with Crippen molar-refractivity contribution < 1.29 is 9.53 Å². The fraction of sp³-hybridized carbons (Fsp3) is 0.923. The largest absolute Gasteiger partial charge is 0.381 e. The molecule has 2 fully saturated rings. The zero-order valence-corrected chi connectivity index (χ0v) is 11.7. The molecule has 2 heterocycles. The van der Waals surface area contributed by atoms with Gasteiger partial charge in [0, 0.05) is 31.9 Å². The van der Waals surface area contributed by atoms with Crippen LogP contribution in [0.5, 0.6) is 0 Å². The number of thioether (sulfide) groups is 1. The van der Waals surface area contributed by atoms with Gasteiger partial charge in [-0.25, -0.2) is 0 Å². The molecule has 0 aromatic heterocycles. The van der Waals surface area contributed by atoms with Crippen molar-refractivity contribution >= 4 is 17.7 Å². The van der Waals surface area contributed by atoms with Gasteiger partial charge in [-0.2, -0.15) is 0 Å². The van der Waals surface area contributed by atoms with E-state index in [2.05, 4.69) is 18.7 Å². The molecule has 0 aromatic carbocycles. The second-order valence-corrected chi connectivity index (χ2v) is 6.62. The number of carbonyl (C=O) groups excluding carboxylic acids is 1. The van der Waals surface area contributed by atoms with Crippen LogP contribution in [-0.4, -0.2) is 41.7 Å². The Morgan fingerprint density at radius 2 is 2.12 bits per heavy atom. The van der Waals surface area contributed by atoms with Crippen LogP contribution in [0, 0.1) is 11.8 Å². The van der Waals surface area contributed by atoms with Crippen LogP contribution in [0.15, 0.2) is 0 Å². The molecule has 0 spiro atoms. The van der Waals surface area contributed by atoms with Gasteiger partial charge in [0.05, 0.1) is 5.37 Å². The Labute approximate surface area is 108 Å². The van der Waals surface area contributed by atoms with Crippen molar-refractivity contribution in [2.45, 2.75) is 38.5 Å². The molecule has 2 aliphatic rings. The minimum Gasteiger partial charge on any atom is -0.381 e. The standard InChI is InChI=1S/C13H23NO2S/c1-10(2)9-12(15)14-5-8-17-13(14)11-3-6-16-7-4-11/h10-11,13H,3-9H2,1-2H3. The van der Waals surface area contributed by atoms with Gasteiger partial charge in [-0.1, -0.05) is 13.8 Å². The number of carbonyl (C=O) groups is 1. The van der Waals surface area contributed by atoms with Crippen LogP contribution >= 0.6 is 11.8 Å². The Kier molecular flexibility index (Phi) is 4.74. The molecule has 0 aromatic rings. The van der Waals surface area contributed by atoms with Crippen LogP contribution in [0.2, 0.25) is 0 Å². The zero-order valence-electron chi connectivity index (χ0n) is 10.9. The van der Waals surface area contributed by atoms with Crippen LogP contribution in [0.4, 0.5) is 0 Å². The van der Waals surface area contributed by atoms with Gasteiger partial charge in [0.25, 0.3) is 0 Å². The van der Waals surface area contributed by atoms with Crippen LogP contribution in [0.1, 0.15) is 33.1 Å². The first-order chi connectivity index (χ1) is 8.18. The van der Waals surface area contributed by atoms with Crippen molar-refractivity contribution in [2.24, 2.45) is 11.8 Å². The van der Waals surface area contributed by atoms with Gasteiger partial charge >= 0.3 is 0 Å². The molecule has 0 aliphatic carbocycles. The molecule has 0 bridgehead atoms. The summed E-state index contributed by atoms with van der Waals surface area (Å²) < 4.78 is 5.41. The van der Waals surface area contributed by atoms with E-state index in [4.69, 9.17) is 4.74 Å². The Hall–Kier alpha value is -0.220. The first kappa shape index (κ1) is 13.2. The summed E-state index contributed by atoms with van der Waals surface area (Å²) >= 11 is 1.96. The van der Waals surface area contributed by atoms with Gasteiger partial charge in [0.1, 0.15) is 0 Å². The lowest BCUT2D eigenvalue weighted by molar-refractivity contribution is -0.133. The average Bonchev–Trinajstić information content (AvgIpc) is 2.78. The number of ether oxygens (including phenoxy) is 1. The van der Waals surface area contributed by atoms with Gasteiger partial charge in [-0.3, -0.25) is 4.79 Å². The van der Waals surface area contributed by atoms with Gasteiger partial charge in [-0.05, 0) is 24.7 Å². The second-order valence-electron chi connectivity index (χ2n) is 5.40. The molecule has 2 aliphatic heterocycles. The highest BCUT2D eigenvalue weighted by atomic mass is 32.2. The fourth-order valence-electron chi connectivity index (χ4n) is 2.61. The minimum atomic E-state index is 0.349. The molecule has 3 nitrogen and oxygen atoms in total. The first-order valence-corrected chi connectivity index (χ1v) is 7.72. The molecule has 2 saturated heterocycles. The molecular formula is C13H23NO2S. The predicted octanol–water partition coefficient (Wildman–Crippen LogP) is 2.36. The third-order valence-corrected chi connectivity index (χ3v) is 4.90. The molecule has 2 rings (SSSR count). The molecule has 1 amide bonds. The normalized spacial score (nSPS) is 26.8. The fourth-order valence-corrected chi connectivity index (χ4v) is 4.10. The molecule has 1 unspecified atom stereocenters. The quantitative estimate of drug-likeness (QED) is 0.777. The van der Waals surface area contributed by atoms with E-state index in [1.54, 1.807) is 0 Å². The van der Waals surface area contributed by atoms with Crippen LogP contribution in [0.25, 0.3) is 0 Å². The Morgan fingerprint density at radius 1 is 1.41 bits per heavy atom. The monoisotopic (exact) mass is 257 g/mol. The summed E-state index contributed by atoms with van der Waals surface area (Å²) in [5.41, 5.74) is 0. The third kappa shape index (κ3) is 3.38. The summed E-state index contributed by atoms with van der Waals surface area (Å²) in [4.78, 5) is 14.3. The van der Waals surface area contributed by atoms with Crippen molar-refractivity contribution in [1.29, 1.82) is 0 Å². The van der Waals surface area contributed by atoms with Crippen molar-refractivity contribution in [3.05, 3.63) is 0 Å². The lowest BCUT2D eigenvalue weighted by atomic mass is 9.98. The summed E-state index contributed by atoms with van der Waals surface area (Å²) in [6.07, 6.45) is 2.92. The third-order valence-electron chi connectivity index (χ3n) is 3.50. The topological polar surface area (TPSA) is 29.5 Å². The van der Waals surface area contributed by atoms with E-state index in [0.29, 0.717) is 29.5 Å². The van der Waals surface area contributed by atoms with E-state index in [1.165, 1.54) is 0 Å². The number of hydrogen-bond donors (Lipinski definition) is 0. The van der Waals surface area contributed by atoms with Gasteiger partial charge < -0.3 is 9.64 Å². The lowest BCUT2D eigenvalue weighted by Gasteiger charge is -2.33. The molecule has 0 radical (unpaired) electrons. The summed E-state index contributed by atoms with van der Waals surface area (Å²) in [5.74, 6) is 2.56. The number of hydrogen-bond acceptors (Lipinski definition) is 3.